The zero-order valence-electron chi connectivity index (χ0n) is 4.76. The molecular weight excluding hydrogens is 98.1 g/mol. The summed E-state index contributed by atoms with van der Waals surface area (Å²) in [5, 5.41) is 0. The molecule has 0 saturated carbocycles. The van der Waals surface area contributed by atoms with Crippen LogP contribution in [-0.4, -0.2) is 4.57 Å². The molecule has 0 bridgehead atoms. The van der Waals surface area contributed by atoms with Crippen molar-refractivity contribution in [2.24, 2.45) is 7.05 Å². The summed E-state index contributed by atoms with van der Waals surface area (Å²) in [6.07, 6.45) is 8.93. The van der Waals surface area contributed by atoms with Gasteiger partial charge in [0.2, 0.25) is 0 Å². The van der Waals surface area contributed by atoms with Crippen LogP contribution in [0.5, 0.6) is 0 Å². The topological polar surface area (TPSA) is 4.93 Å². The third-order valence-corrected chi connectivity index (χ3v) is 0.999. The molecule has 1 heteroatoms. The van der Waals surface area contributed by atoms with Crippen LogP contribution < -0.4 is 0 Å². The van der Waals surface area contributed by atoms with Gasteiger partial charge in [0.1, 0.15) is 0 Å². The average molecular weight is 105 g/mol. The van der Waals surface area contributed by atoms with Crippen molar-refractivity contribution in [3.05, 3.63) is 24.0 Å². The van der Waals surface area contributed by atoms with Crippen molar-refractivity contribution in [3.8, 4) is 12.3 Å². The lowest BCUT2D eigenvalue weighted by atomic mass is 10.4. The Hall–Kier alpha value is -1.16. The Bertz CT molecular complexity index is 215. The zero-order chi connectivity index (χ0) is 5.98. The molecule has 8 heavy (non-hydrogen) atoms. The fourth-order valence-corrected chi connectivity index (χ4v) is 0.589. The molecule has 1 rings (SSSR count). The molecule has 40 valence electrons. The maximum absolute atomic E-state index is 5.10. The highest BCUT2D eigenvalue weighted by atomic mass is 14.9. The fraction of sp³-hybridized carbons (Fsp3) is 0.143. The first-order valence-corrected chi connectivity index (χ1v) is 2.41. The molecule has 0 saturated heterocycles. The van der Waals surface area contributed by atoms with E-state index in [4.69, 9.17) is 6.42 Å². The molecule has 0 fully saturated rings. The number of aryl methyl sites for hydroxylation is 1. The number of hydrogen-bond acceptors (Lipinski definition) is 0. The molecule has 1 aromatic rings. The highest BCUT2D eigenvalue weighted by Crippen LogP contribution is 1.94. The lowest BCUT2D eigenvalue weighted by molar-refractivity contribution is 0.927. The predicted octanol–water partition coefficient (Wildman–Crippen LogP) is 1.01. The largest absolute Gasteiger partial charge is 0.356 e. The minimum atomic E-state index is 0.938. The average Bonchev–Trinajstić information content (AvgIpc) is 2.14. The van der Waals surface area contributed by atoms with Gasteiger partial charge in [-0.15, -0.1) is 6.42 Å². The van der Waals surface area contributed by atoms with Gasteiger partial charge in [-0.3, -0.25) is 0 Å². The molecule has 0 aliphatic carbocycles. The van der Waals surface area contributed by atoms with E-state index in [9.17, 15) is 0 Å². The van der Waals surface area contributed by atoms with Gasteiger partial charge in [0, 0.05) is 25.0 Å². The first kappa shape index (κ1) is 4.99. The molecule has 1 aromatic heterocycles. The molecular formula is C7H7N. The summed E-state index contributed by atoms with van der Waals surface area (Å²) in [5.41, 5.74) is 0.938. The summed E-state index contributed by atoms with van der Waals surface area (Å²) < 4.78 is 1.93. The zero-order valence-corrected chi connectivity index (χ0v) is 4.76. The standard InChI is InChI=1S/C7H7N/c1-3-7-4-5-8(2)6-7/h1,4-6H,2H3. The number of terminal acetylenes is 1. The van der Waals surface area contributed by atoms with Crippen LogP contribution in [0.2, 0.25) is 0 Å². The van der Waals surface area contributed by atoms with Gasteiger partial charge in [-0.1, -0.05) is 5.92 Å². The van der Waals surface area contributed by atoms with Crippen LogP contribution in [0.1, 0.15) is 5.56 Å². The number of rotatable bonds is 0. The summed E-state index contributed by atoms with van der Waals surface area (Å²) >= 11 is 0. The third kappa shape index (κ3) is 0.737. The van der Waals surface area contributed by atoms with Crippen molar-refractivity contribution in [2.45, 2.75) is 0 Å². The summed E-state index contributed by atoms with van der Waals surface area (Å²) in [4.78, 5) is 0. The van der Waals surface area contributed by atoms with Crippen LogP contribution in [0.15, 0.2) is 18.5 Å². The Balaban J connectivity index is 3.05. The number of hydrogen-bond donors (Lipinski definition) is 0. The first-order valence-electron chi connectivity index (χ1n) is 2.41. The van der Waals surface area contributed by atoms with Crippen molar-refractivity contribution in [1.29, 1.82) is 0 Å². The second kappa shape index (κ2) is 1.75. The van der Waals surface area contributed by atoms with Gasteiger partial charge in [0.15, 0.2) is 0 Å². The molecule has 0 aromatic carbocycles. The molecule has 0 aliphatic rings. The number of nitrogens with zero attached hydrogens (tertiary/aromatic N) is 1. The Labute approximate surface area is 48.9 Å². The van der Waals surface area contributed by atoms with Crippen molar-refractivity contribution in [2.75, 3.05) is 0 Å². The Kier molecular flexibility index (Phi) is 1.09. The lowest BCUT2D eigenvalue weighted by Crippen LogP contribution is -1.76. The monoisotopic (exact) mass is 105 g/mol. The Morgan fingerprint density at radius 3 is 2.75 bits per heavy atom. The second-order valence-corrected chi connectivity index (χ2v) is 1.71. The van der Waals surface area contributed by atoms with Crippen LogP contribution in [-0.2, 0) is 7.05 Å². The number of aromatic nitrogens is 1. The molecule has 0 atom stereocenters. The van der Waals surface area contributed by atoms with Gasteiger partial charge in [-0.25, -0.2) is 0 Å². The molecule has 1 nitrogen and oxygen atoms in total. The van der Waals surface area contributed by atoms with Gasteiger partial charge in [-0.05, 0) is 6.07 Å². The van der Waals surface area contributed by atoms with Crippen molar-refractivity contribution in [3.63, 3.8) is 0 Å². The van der Waals surface area contributed by atoms with Crippen LogP contribution in [0.25, 0.3) is 0 Å². The molecule has 0 unspecified atom stereocenters. The van der Waals surface area contributed by atoms with E-state index in [1.54, 1.807) is 0 Å². The fourth-order valence-electron chi connectivity index (χ4n) is 0.589. The van der Waals surface area contributed by atoms with Crippen LogP contribution >= 0.6 is 0 Å². The maximum atomic E-state index is 5.10. The normalized spacial score (nSPS) is 8.50. The van der Waals surface area contributed by atoms with E-state index in [1.807, 2.05) is 30.1 Å². The van der Waals surface area contributed by atoms with Gasteiger partial charge in [0.25, 0.3) is 0 Å². The highest BCUT2D eigenvalue weighted by Gasteiger charge is 1.83. The third-order valence-electron chi connectivity index (χ3n) is 0.999. The minimum Gasteiger partial charge on any atom is -0.356 e. The van der Waals surface area contributed by atoms with Gasteiger partial charge >= 0.3 is 0 Å². The molecule has 1 heterocycles. The summed E-state index contributed by atoms with van der Waals surface area (Å²) in [5.74, 6) is 2.53. The van der Waals surface area contributed by atoms with Crippen LogP contribution in [0.4, 0.5) is 0 Å². The lowest BCUT2D eigenvalue weighted by Gasteiger charge is -1.80. The Morgan fingerprint density at radius 2 is 2.50 bits per heavy atom. The maximum Gasteiger partial charge on any atom is 0.0419 e. The van der Waals surface area contributed by atoms with E-state index < -0.39 is 0 Å². The second-order valence-electron chi connectivity index (χ2n) is 1.71. The highest BCUT2D eigenvalue weighted by molar-refractivity contribution is 5.28. The van der Waals surface area contributed by atoms with E-state index in [-0.39, 0.29) is 0 Å². The Morgan fingerprint density at radius 1 is 1.75 bits per heavy atom. The predicted molar refractivity (Wildman–Crippen MR) is 33.3 cm³/mol. The molecule has 0 aliphatic heterocycles. The molecule has 0 spiro atoms. The molecule has 0 amide bonds. The van der Waals surface area contributed by atoms with E-state index in [0.29, 0.717) is 0 Å². The summed E-state index contributed by atoms with van der Waals surface area (Å²) in [6, 6.07) is 1.90. The van der Waals surface area contributed by atoms with E-state index in [2.05, 4.69) is 5.92 Å². The van der Waals surface area contributed by atoms with Crippen molar-refractivity contribution in [1.82, 2.24) is 4.57 Å². The smallest absolute Gasteiger partial charge is 0.0419 e. The first-order chi connectivity index (χ1) is 3.83. The van der Waals surface area contributed by atoms with Crippen LogP contribution in [0.3, 0.4) is 0 Å². The van der Waals surface area contributed by atoms with Gasteiger partial charge < -0.3 is 4.57 Å². The van der Waals surface area contributed by atoms with Gasteiger partial charge in [-0.2, -0.15) is 0 Å². The summed E-state index contributed by atoms with van der Waals surface area (Å²) in [6.45, 7) is 0. The quantitative estimate of drug-likeness (QED) is 0.434. The van der Waals surface area contributed by atoms with Crippen LogP contribution in [0, 0.1) is 12.3 Å². The molecule has 0 radical (unpaired) electrons. The van der Waals surface area contributed by atoms with Crippen molar-refractivity contribution >= 4 is 0 Å². The van der Waals surface area contributed by atoms with E-state index in [0.717, 1.165) is 5.56 Å². The van der Waals surface area contributed by atoms with E-state index >= 15 is 0 Å². The van der Waals surface area contributed by atoms with E-state index in [1.165, 1.54) is 0 Å². The van der Waals surface area contributed by atoms with Crippen molar-refractivity contribution < 1.29 is 0 Å². The van der Waals surface area contributed by atoms with Gasteiger partial charge in [0.05, 0.1) is 0 Å². The SMILES string of the molecule is C#Cc1ccn(C)c1. The minimum absolute atomic E-state index is 0.938. The summed E-state index contributed by atoms with van der Waals surface area (Å²) in [7, 11) is 1.95. The molecule has 0 N–H and O–H groups in total.